The van der Waals surface area contributed by atoms with Crippen molar-refractivity contribution in [1.29, 1.82) is 0 Å². The normalized spacial score (nSPS) is 37.3. The van der Waals surface area contributed by atoms with E-state index in [1.165, 1.54) is 6.08 Å². The first-order valence-corrected chi connectivity index (χ1v) is 12.5. The second-order valence-electron chi connectivity index (χ2n) is 11.0. The fourth-order valence-corrected chi connectivity index (χ4v) is 4.99. The number of nitrogens with one attached hydrogen (secondary N) is 1. The number of pyridine rings is 1. The molecule has 7 atom stereocenters. The van der Waals surface area contributed by atoms with Crippen LogP contribution in [0, 0.1) is 17.3 Å². The Morgan fingerprint density at radius 2 is 1.94 bits per heavy atom. The van der Waals surface area contributed by atoms with Gasteiger partial charge in [0.2, 0.25) is 5.91 Å². The van der Waals surface area contributed by atoms with Gasteiger partial charge in [-0.3, -0.25) is 14.6 Å². The van der Waals surface area contributed by atoms with Crippen LogP contribution in [0.3, 0.4) is 0 Å². The number of ether oxygens (including phenoxy) is 1. The van der Waals surface area contributed by atoms with E-state index in [2.05, 4.69) is 10.3 Å². The predicted octanol–water partition coefficient (Wildman–Crippen LogP) is 3.59. The molecule has 1 aromatic rings. The van der Waals surface area contributed by atoms with Crippen LogP contribution in [0.2, 0.25) is 0 Å². The van der Waals surface area contributed by atoms with E-state index in [-0.39, 0.29) is 30.6 Å². The second-order valence-corrected chi connectivity index (χ2v) is 11.0. The van der Waals surface area contributed by atoms with Crippen molar-refractivity contribution in [3.63, 3.8) is 0 Å². The summed E-state index contributed by atoms with van der Waals surface area (Å²) in [5.74, 6) is -2.24. The van der Waals surface area contributed by atoms with Gasteiger partial charge in [0.1, 0.15) is 11.6 Å². The Balaban J connectivity index is 1.86. The van der Waals surface area contributed by atoms with E-state index in [0.29, 0.717) is 12.1 Å². The molecule has 0 bridgehead atoms. The molecule has 3 rings (SSSR count). The van der Waals surface area contributed by atoms with Crippen molar-refractivity contribution in [2.75, 3.05) is 0 Å². The molecule has 2 saturated heterocycles. The minimum absolute atomic E-state index is 0.120. The summed E-state index contributed by atoms with van der Waals surface area (Å²) in [6.45, 7) is 8.70. The molecule has 2 fully saturated rings. The number of aliphatic hydroxyl groups is 2. The molecule has 0 saturated carbocycles. The van der Waals surface area contributed by atoms with Gasteiger partial charge in [-0.25, -0.2) is 4.39 Å². The molecule has 4 unspecified atom stereocenters. The van der Waals surface area contributed by atoms with Gasteiger partial charge in [0.25, 0.3) is 0 Å². The van der Waals surface area contributed by atoms with Gasteiger partial charge >= 0.3 is 0 Å². The third-order valence-electron chi connectivity index (χ3n) is 7.82. The van der Waals surface area contributed by atoms with Crippen LogP contribution in [0.4, 0.5) is 4.39 Å². The van der Waals surface area contributed by atoms with Crippen LogP contribution in [-0.2, 0) is 14.3 Å². The Morgan fingerprint density at radius 1 is 1.23 bits per heavy atom. The number of fused-ring (bicyclic) bond motifs is 1. The van der Waals surface area contributed by atoms with Crippen LogP contribution in [0.5, 0.6) is 0 Å². The Labute approximate surface area is 207 Å². The third kappa shape index (κ3) is 6.54. The predicted molar refractivity (Wildman–Crippen MR) is 131 cm³/mol. The Bertz CT molecular complexity index is 937. The number of epoxide rings is 1. The summed E-state index contributed by atoms with van der Waals surface area (Å²) >= 11 is 0. The highest BCUT2D eigenvalue weighted by molar-refractivity contribution is 5.88. The van der Waals surface area contributed by atoms with E-state index in [1.807, 2.05) is 13.8 Å². The lowest BCUT2D eigenvalue weighted by Crippen LogP contribution is -2.47. The summed E-state index contributed by atoms with van der Waals surface area (Å²) in [7, 11) is 0. The summed E-state index contributed by atoms with van der Waals surface area (Å²) in [6.07, 6.45) is 2.57. The molecule has 3 N–H and O–H groups in total. The van der Waals surface area contributed by atoms with Crippen molar-refractivity contribution in [2.45, 2.75) is 96.7 Å². The molecule has 0 spiro atoms. The highest BCUT2D eigenvalue weighted by Crippen LogP contribution is 2.44. The number of rotatable bonds is 2. The number of amides is 1. The average Bonchev–Trinajstić information content (AvgIpc) is 3.45. The molecule has 1 aromatic heterocycles. The summed E-state index contributed by atoms with van der Waals surface area (Å²) in [6, 6.07) is 4.20. The molecule has 2 aliphatic rings. The summed E-state index contributed by atoms with van der Waals surface area (Å²) in [5.41, 5.74) is -1.26. The number of ketones is 1. The number of hydrogen-bond acceptors (Lipinski definition) is 6. The number of halogens is 1. The number of Topliss-reactive ketones (excluding diaryl/α,β-unsaturated/α-hetero) is 1. The lowest BCUT2D eigenvalue weighted by Gasteiger charge is -2.34. The maximum atomic E-state index is 15.3. The van der Waals surface area contributed by atoms with Crippen molar-refractivity contribution in [3.05, 3.63) is 35.9 Å². The van der Waals surface area contributed by atoms with Gasteiger partial charge in [0, 0.05) is 18.5 Å². The highest BCUT2D eigenvalue weighted by atomic mass is 19.1. The van der Waals surface area contributed by atoms with Gasteiger partial charge in [-0.1, -0.05) is 40.2 Å². The summed E-state index contributed by atoms with van der Waals surface area (Å²) < 4.78 is 21.2. The zero-order valence-electron chi connectivity index (χ0n) is 21.3. The Morgan fingerprint density at radius 3 is 2.60 bits per heavy atom. The molecule has 0 aromatic carbocycles. The van der Waals surface area contributed by atoms with Gasteiger partial charge in [-0.2, -0.15) is 0 Å². The molecular weight excluding hydrogens is 451 g/mol. The van der Waals surface area contributed by atoms with Crippen LogP contribution in [0.25, 0.3) is 6.08 Å². The summed E-state index contributed by atoms with van der Waals surface area (Å²) in [5, 5.41) is 24.3. The first-order valence-electron chi connectivity index (χ1n) is 12.5. The van der Waals surface area contributed by atoms with E-state index < -0.39 is 46.9 Å². The van der Waals surface area contributed by atoms with Gasteiger partial charge < -0.3 is 20.3 Å². The molecule has 194 valence electrons. The SMILES string of the molecule is CC1C(=O)C(C)(C)C(O)CC(=O)N[C@H](C(F)=Cc2ccccn2)CC2OC2(C)CCC[C@H](C)[C@@H]1O. The van der Waals surface area contributed by atoms with Gasteiger partial charge in [0.05, 0.1) is 47.5 Å². The average molecular weight is 491 g/mol. The van der Waals surface area contributed by atoms with Crippen molar-refractivity contribution < 1.29 is 28.9 Å². The smallest absolute Gasteiger partial charge is 0.223 e. The molecule has 3 heterocycles. The Hall–Kier alpha value is -2.16. The standard InChI is InChI=1S/C27H39FN2O5/c1-16-9-8-11-27(5)22(35-27)14-20(19(28)13-18-10-6-7-12-29-18)30-23(32)15-21(31)26(3,4)25(34)17(2)24(16)33/h6-7,10,12-13,16-17,20-22,24,31,33H,8-9,11,14-15H2,1-5H3,(H,30,32)/t16-,17?,20-,21?,22?,24-,27?/m0/s1. The van der Waals surface area contributed by atoms with Crippen molar-refractivity contribution in [2.24, 2.45) is 17.3 Å². The van der Waals surface area contributed by atoms with Crippen LogP contribution >= 0.6 is 0 Å². The van der Waals surface area contributed by atoms with Gasteiger partial charge in [-0.15, -0.1) is 0 Å². The molecule has 35 heavy (non-hydrogen) atoms. The van der Waals surface area contributed by atoms with Gasteiger partial charge in [0.15, 0.2) is 0 Å². The fourth-order valence-electron chi connectivity index (χ4n) is 4.99. The van der Waals surface area contributed by atoms with E-state index >= 15 is 4.39 Å². The lowest BCUT2D eigenvalue weighted by molar-refractivity contribution is -0.143. The monoisotopic (exact) mass is 490 g/mol. The number of aliphatic hydroxyl groups excluding tert-OH is 2. The van der Waals surface area contributed by atoms with E-state index in [4.69, 9.17) is 4.74 Å². The molecule has 1 amide bonds. The van der Waals surface area contributed by atoms with Crippen molar-refractivity contribution in [1.82, 2.24) is 10.3 Å². The van der Waals surface area contributed by atoms with E-state index in [9.17, 15) is 19.8 Å². The zero-order valence-corrected chi connectivity index (χ0v) is 21.3. The van der Waals surface area contributed by atoms with E-state index in [1.54, 1.807) is 45.2 Å². The molecule has 8 heteroatoms. The minimum atomic E-state index is -1.29. The molecule has 7 nitrogen and oxygen atoms in total. The second kappa shape index (κ2) is 10.8. The highest BCUT2D eigenvalue weighted by Gasteiger charge is 2.52. The largest absolute Gasteiger partial charge is 0.392 e. The maximum Gasteiger partial charge on any atom is 0.223 e. The number of hydrogen-bond donors (Lipinski definition) is 3. The van der Waals surface area contributed by atoms with Crippen LogP contribution in [0.1, 0.15) is 72.4 Å². The first kappa shape index (κ1) is 27.4. The van der Waals surface area contributed by atoms with Crippen molar-refractivity contribution in [3.8, 4) is 0 Å². The maximum absolute atomic E-state index is 15.3. The third-order valence-corrected chi connectivity index (χ3v) is 7.82. The topological polar surface area (TPSA) is 112 Å². The molecule has 0 aliphatic carbocycles. The number of aromatic nitrogens is 1. The van der Waals surface area contributed by atoms with Crippen LogP contribution in [-0.4, -0.2) is 56.8 Å². The number of carbonyl (C=O) groups excluding carboxylic acids is 2. The first-order chi connectivity index (χ1) is 16.3. The number of nitrogens with zero attached hydrogens (tertiary/aromatic N) is 1. The molecule has 2 aliphatic heterocycles. The van der Waals surface area contributed by atoms with Gasteiger partial charge in [-0.05, 0) is 43.9 Å². The van der Waals surface area contributed by atoms with Crippen molar-refractivity contribution >= 4 is 17.8 Å². The lowest BCUT2D eigenvalue weighted by atomic mass is 9.72. The molecular formula is C27H39FN2O5. The minimum Gasteiger partial charge on any atom is -0.392 e. The summed E-state index contributed by atoms with van der Waals surface area (Å²) in [4.78, 5) is 30.2. The fraction of sp³-hybridized carbons (Fsp3) is 0.667. The zero-order chi connectivity index (χ0) is 26.0. The Kier molecular flexibility index (Phi) is 8.50. The van der Waals surface area contributed by atoms with Crippen LogP contribution in [0.15, 0.2) is 30.2 Å². The van der Waals surface area contributed by atoms with E-state index in [0.717, 1.165) is 12.8 Å². The number of carbonyl (C=O) groups is 2. The molecule has 0 radical (unpaired) electrons. The quantitative estimate of drug-likeness (QED) is 0.547. The van der Waals surface area contributed by atoms with Crippen LogP contribution < -0.4 is 5.32 Å².